The first-order valence-corrected chi connectivity index (χ1v) is 7.12. The molecular formula is C14H25N3O3. The van der Waals surface area contributed by atoms with E-state index in [1.165, 1.54) is 0 Å². The summed E-state index contributed by atoms with van der Waals surface area (Å²) in [6.45, 7) is 6.28. The van der Waals surface area contributed by atoms with Crippen LogP contribution in [0, 0.1) is 0 Å². The summed E-state index contributed by atoms with van der Waals surface area (Å²) < 4.78 is 12.0. The molecular weight excluding hydrogens is 258 g/mol. The third-order valence-electron chi connectivity index (χ3n) is 2.97. The molecule has 20 heavy (non-hydrogen) atoms. The first-order chi connectivity index (χ1) is 9.74. The van der Waals surface area contributed by atoms with E-state index in [0.717, 1.165) is 25.2 Å². The van der Waals surface area contributed by atoms with E-state index < -0.39 is 0 Å². The lowest BCUT2D eigenvalue weighted by atomic mass is 10.1. The summed E-state index contributed by atoms with van der Waals surface area (Å²) in [5.74, 6) is 0.651. The number of carbonyl (C=O) groups is 1. The molecule has 1 unspecified atom stereocenters. The van der Waals surface area contributed by atoms with Crippen molar-refractivity contribution in [2.75, 3.05) is 26.9 Å². The maximum Gasteiger partial charge on any atom is 0.329 e. The minimum Gasteiger partial charge on any atom is -0.464 e. The first kappa shape index (κ1) is 16.7. The fourth-order valence-corrected chi connectivity index (χ4v) is 2.02. The molecule has 0 fully saturated rings. The van der Waals surface area contributed by atoms with Gasteiger partial charge in [0.25, 0.3) is 0 Å². The molecule has 0 aliphatic carbocycles. The van der Waals surface area contributed by atoms with E-state index >= 15 is 0 Å². The second-order valence-electron chi connectivity index (χ2n) is 4.48. The van der Waals surface area contributed by atoms with E-state index in [4.69, 9.17) is 9.47 Å². The van der Waals surface area contributed by atoms with Gasteiger partial charge in [-0.1, -0.05) is 13.3 Å². The molecule has 0 bridgehead atoms. The Morgan fingerprint density at radius 1 is 1.50 bits per heavy atom. The Hall–Kier alpha value is -1.40. The van der Waals surface area contributed by atoms with Gasteiger partial charge in [-0.25, -0.2) is 9.78 Å². The second kappa shape index (κ2) is 9.50. The molecule has 0 amide bonds. The van der Waals surface area contributed by atoms with Gasteiger partial charge in [0.05, 0.1) is 19.8 Å². The summed E-state index contributed by atoms with van der Waals surface area (Å²) in [6, 6.07) is -0.290. The van der Waals surface area contributed by atoms with Gasteiger partial charge < -0.3 is 19.4 Å². The van der Waals surface area contributed by atoms with E-state index in [2.05, 4.69) is 17.2 Å². The van der Waals surface area contributed by atoms with Crippen LogP contribution in [0.25, 0.3) is 0 Å². The molecule has 0 aliphatic heterocycles. The topological polar surface area (TPSA) is 65.4 Å². The molecule has 6 nitrogen and oxygen atoms in total. The third kappa shape index (κ3) is 4.94. The molecule has 1 aromatic rings. The van der Waals surface area contributed by atoms with Gasteiger partial charge >= 0.3 is 5.97 Å². The molecule has 1 heterocycles. The van der Waals surface area contributed by atoms with Crippen LogP contribution in [-0.2, 0) is 20.8 Å². The summed E-state index contributed by atoms with van der Waals surface area (Å²) in [7, 11) is 1.67. The molecule has 0 spiro atoms. The first-order valence-electron chi connectivity index (χ1n) is 7.12. The van der Waals surface area contributed by atoms with Crippen LogP contribution in [0.4, 0.5) is 0 Å². The summed E-state index contributed by atoms with van der Waals surface area (Å²) in [6.07, 6.45) is 5.22. The molecule has 0 saturated carbocycles. The Morgan fingerprint density at radius 3 is 2.95 bits per heavy atom. The molecule has 0 saturated heterocycles. The van der Waals surface area contributed by atoms with Gasteiger partial charge in [0.15, 0.2) is 0 Å². The average molecular weight is 283 g/mol. The number of hydrogen-bond donors (Lipinski definition) is 1. The lowest BCUT2D eigenvalue weighted by molar-refractivity contribution is -0.147. The molecule has 0 aromatic carbocycles. The molecule has 0 radical (unpaired) electrons. The number of hydrogen-bond acceptors (Lipinski definition) is 5. The van der Waals surface area contributed by atoms with Crippen molar-refractivity contribution in [3.8, 4) is 0 Å². The average Bonchev–Trinajstić information content (AvgIpc) is 2.89. The Bertz CT molecular complexity index is 393. The van der Waals surface area contributed by atoms with Crippen molar-refractivity contribution in [1.82, 2.24) is 14.9 Å². The van der Waals surface area contributed by atoms with E-state index in [9.17, 15) is 4.79 Å². The Morgan fingerprint density at radius 2 is 2.30 bits per heavy atom. The number of carbonyl (C=O) groups excluding carboxylic acids is 1. The zero-order chi connectivity index (χ0) is 14.8. The van der Waals surface area contributed by atoms with Crippen molar-refractivity contribution in [1.29, 1.82) is 0 Å². The number of nitrogens with zero attached hydrogens (tertiary/aromatic N) is 2. The number of imidazole rings is 1. The predicted octanol–water partition coefficient (Wildman–Crippen LogP) is 1.52. The van der Waals surface area contributed by atoms with Crippen LogP contribution < -0.4 is 5.32 Å². The van der Waals surface area contributed by atoms with Crippen molar-refractivity contribution in [3.05, 3.63) is 18.2 Å². The van der Waals surface area contributed by atoms with Crippen LogP contribution in [0.2, 0.25) is 0 Å². The minimum atomic E-state index is -0.290. The standard InChI is InChI=1S/C14H25N3O3/c1-4-6-12(14(18)20-5-2)17-9-7-16-13(17)11-15-8-10-19-3/h7,9,12,15H,4-6,8,10-11H2,1-3H3. The monoisotopic (exact) mass is 283 g/mol. The number of esters is 1. The highest BCUT2D eigenvalue weighted by Gasteiger charge is 2.22. The van der Waals surface area contributed by atoms with Gasteiger partial charge in [0, 0.05) is 26.0 Å². The largest absolute Gasteiger partial charge is 0.464 e. The smallest absolute Gasteiger partial charge is 0.329 e. The van der Waals surface area contributed by atoms with Gasteiger partial charge in [-0.05, 0) is 13.3 Å². The van der Waals surface area contributed by atoms with Crippen LogP contribution in [0.1, 0.15) is 38.6 Å². The summed E-state index contributed by atoms with van der Waals surface area (Å²) in [4.78, 5) is 16.4. The quantitative estimate of drug-likeness (QED) is 0.521. The maximum atomic E-state index is 12.0. The Kier molecular flexibility index (Phi) is 7.91. The van der Waals surface area contributed by atoms with Crippen molar-refractivity contribution in [2.24, 2.45) is 0 Å². The fraction of sp³-hybridized carbons (Fsp3) is 0.714. The van der Waals surface area contributed by atoms with Gasteiger partial charge in [0.2, 0.25) is 0 Å². The number of nitrogens with one attached hydrogen (secondary N) is 1. The normalized spacial score (nSPS) is 12.3. The SMILES string of the molecule is CCCC(C(=O)OCC)n1ccnc1CNCCOC. The highest BCUT2D eigenvalue weighted by molar-refractivity contribution is 5.74. The third-order valence-corrected chi connectivity index (χ3v) is 2.97. The second-order valence-corrected chi connectivity index (χ2v) is 4.48. The van der Waals surface area contributed by atoms with E-state index in [1.807, 2.05) is 17.7 Å². The predicted molar refractivity (Wildman–Crippen MR) is 76.4 cm³/mol. The molecule has 6 heteroatoms. The number of methoxy groups -OCH3 is 1. The van der Waals surface area contributed by atoms with Crippen LogP contribution >= 0.6 is 0 Å². The van der Waals surface area contributed by atoms with Crippen molar-refractivity contribution in [2.45, 2.75) is 39.3 Å². The number of aromatic nitrogens is 2. The Labute approximate surface area is 120 Å². The van der Waals surface area contributed by atoms with Crippen LogP contribution in [0.3, 0.4) is 0 Å². The van der Waals surface area contributed by atoms with Crippen LogP contribution in [-0.4, -0.2) is 42.4 Å². The van der Waals surface area contributed by atoms with Crippen LogP contribution in [0.15, 0.2) is 12.4 Å². The Balaban J connectivity index is 2.70. The molecule has 1 N–H and O–H groups in total. The van der Waals surface area contributed by atoms with E-state index in [0.29, 0.717) is 19.8 Å². The molecule has 1 rings (SSSR count). The van der Waals surface area contributed by atoms with Crippen molar-refractivity contribution < 1.29 is 14.3 Å². The lowest BCUT2D eigenvalue weighted by Crippen LogP contribution is -2.26. The van der Waals surface area contributed by atoms with Gasteiger partial charge in [-0.3, -0.25) is 0 Å². The van der Waals surface area contributed by atoms with Gasteiger partial charge in [-0.15, -0.1) is 0 Å². The lowest BCUT2D eigenvalue weighted by Gasteiger charge is -2.19. The van der Waals surface area contributed by atoms with Crippen LogP contribution in [0.5, 0.6) is 0 Å². The number of rotatable bonds is 10. The summed E-state index contributed by atoms with van der Waals surface area (Å²) in [5.41, 5.74) is 0. The summed E-state index contributed by atoms with van der Waals surface area (Å²) >= 11 is 0. The van der Waals surface area contributed by atoms with Gasteiger partial charge in [0.1, 0.15) is 11.9 Å². The fourth-order valence-electron chi connectivity index (χ4n) is 2.02. The molecule has 1 atom stereocenters. The van der Waals surface area contributed by atoms with E-state index in [-0.39, 0.29) is 12.0 Å². The minimum absolute atomic E-state index is 0.189. The zero-order valence-corrected chi connectivity index (χ0v) is 12.6. The highest BCUT2D eigenvalue weighted by atomic mass is 16.5. The van der Waals surface area contributed by atoms with Gasteiger partial charge in [-0.2, -0.15) is 0 Å². The molecule has 1 aromatic heterocycles. The molecule has 114 valence electrons. The summed E-state index contributed by atoms with van der Waals surface area (Å²) in [5, 5.41) is 3.24. The van der Waals surface area contributed by atoms with E-state index in [1.54, 1.807) is 13.3 Å². The molecule has 0 aliphatic rings. The highest BCUT2D eigenvalue weighted by Crippen LogP contribution is 2.18. The zero-order valence-electron chi connectivity index (χ0n) is 12.6. The number of ether oxygens (including phenoxy) is 2. The van der Waals surface area contributed by atoms with Crippen molar-refractivity contribution in [3.63, 3.8) is 0 Å². The van der Waals surface area contributed by atoms with Crippen molar-refractivity contribution >= 4 is 5.97 Å². The maximum absolute atomic E-state index is 12.0.